The minimum Gasteiger partial charge on any atom is -0.364 e. The number of aromatic nitrogens is 2. The van der Waals surface area contributed by atoms with Crippen LogP contribution in [0.5, 0.6) is 0 Å². The van der Waals surface area contributed by atoms with Crippen LogP contribution in [-0.4, -0.2) is 27.5 Å². The third-order valence-electron chi connectivity index (χ3n) is 4.96. The molecule has 144 valence electrons. The molecule has 4 rings (SSSR count). The van der Waals surface area contributed by atoms with E-state index in [1.807, 2.05) is 6.92 Å². The lowest BCUT2D eigenvalue weighted by Crippen LogP contribution is -2.32. The van der Waals surface area contributed by atoms with Crippen LogP contribution in [0, 0.1) is 18.6 Å². The Morgan fingerprint density at radius 2 is 2.11 bits per heavy atom. The number of primary amides is 1. The molecule has 1 aliphatic heterocycles. The minimum absolute atomic E-state index is 0.0527. The summed E-state index contributed by atoms with van der Waals surface area (Å²) in [6, 6.07) is 4.87. The Kier molecular flexibility index (Phi) is 4.64. The van der Waals surface area contributed by atoms with Crippen LogP contribution in [0.25, 0.3) is 11.1 Å². The number of amides is 1. The number of rotatable bonds is 4. The summed E-state index contributed by atoms with van der Waals surface area (Å²) in [5.41, 5.74) is 9.51. The number of halogens is 2. The molecule has 6 nitrogen and oxygen atoms in total. The Bertz CT molecular complexity index is 1060. The fraction of sp³-hybridized carbons (Fsp3) is 0.250. The molecule has 2 aromatic heterocycles. The zero-order valence-corrected chi connectivity index (χ0v) is 15.2. The SMILES string of the molecule is Cc1conc1CN1CCc2c(-c3ccc(F)cc3F)cc(C(N)=O)nc2C1. The van der Waals surface area contributed by atoms with Gasteiger partial charge in [-0.15, -0.1) is 0 Å². The number of pyridine rings is 1. The van der Waals surface area contributed by atoms with E-state index in [9.17, 15) is 13.6 Å². The highest BCUT2D eigenvalue weighted by Crippen LogP contribution is 2.32. The first-order chi connectivity index (χ1) is 13.4. The molecule has 0 bridgehead atoms. The van der Waals surface area contributed by atoms with Crippen molar-refractivity contribution < 1.29 is 18.1 Å². The molecule has 0 fully saturated rings. The van der Waals surface area contributed by atoms with Gasteiger partial charge in [0.05, 0.1) is 5.69 Å². The van der Waals surface area contributed by atoms with Crippen molar-refractivity contribution in [3.8, 4) is 11.1 Å². The monoisotopic (exact) mass is 384 g/mol. The van der Waals surface area contributed by atoms with E-state index in [2.05, 4.69) is 15.0 Å². The van der Waals surface area contributed by atoms with Gasteiger partial charge in [-0.2, -0.15) is 0 Å². The van der Waals surface area contributed by atoms with Crippen molar-refractivity contribution in [2.45, 2.75) is 26.4 Å². The number of benzene rings is 1. The van der Waals surface area contributed by atoms with Crippen LogP contribution in [0.3, 0.4) is 0 Å². The molecule has 0 aliphatic carbocycles. The number of fused-ring (bicyclic) bond motifs is 1. The minimum atomic E-state index is -0.698. The summed E-state index contributed by atoms with van der Waals surface area (Å²) in [5.74, 6) is -2.05. The van der Waals surface area contributed by atoms with Crippen molar-refractivity contribution in [1.82, 2.24) is 15.0 Å². The summed E-state index contributed by atoms with van der Waals surface area (Å²) in [4.78, 5) is 18.3. The number of hydrogen-bond donors (Lipinski definition) is 1. The maximum Gasteiger partial charge on any atom is 0.267 e. The average Bonchev–Trinajstić information content (AvgIpc) is 3.05. The smallest absolute Gasteiger partial charge is 0.267 e. The molecule has 1 aromatic carbocycles. The first kappa shape index (κ1) is 18.2. The highest BCUT2D eigenvalue weighted by atomic mass is 19.1. The third-order valence-corrected chi connectivity index (χ3v) is 4.96. The van der Waals surface area contributed by atoms with Crippen molar-refractivity contribution in [2.75, 3.05) is 6.54 Å². The maximum absolute atomic E-state index is 14.4. The van der Waals surface area contributed by atoms with Gasteiger partial charge < -0.3 is 10.3 Å². The molecule has 2 N–H and O–H groups in total. The molecule has 3 heterocycles. The lowest BCUT2D eigenvalue weighted by atomic mass is 9.92. The largest absolute Gasteiger partial charge is 0.364 e. The number of nitrogens with two attached hydrogens (primary N) is 1. The molecule has 0 atom stereocenters. The van der Waals surface area contributed by atoms with Gasteiger partial charge in [-0.3, -0.25) is 9.69 Å². The van der Waals surface area contributed by atoms with Crippen LogP contribution in [0.1, 0.15) is 33.0 Å². The fourth-order valence-corrected chi connectivity index (χ4v) is 3.48. The van der Waals surface area contributed by atoms with Crippen molar-refractivity contribution in [2.24, 2.45) is 5.73 Å². The number of aryl methyl sites for hydroxylation is 1. The molecule has 28 heavy (non-hydrogen) atoms. The predicted octanol–water partition coefficient (Wildman–Crippen LogP) is 2.98. The molecule has 0 spiro atoms. The highest BCUT2D eigenvalue weighted by molar-refractivity contribution is 5.92. The number of hydrogen-bond acceptors (Lipinski definition) is 5. The van der Waals surface area contributed by atoms with Crippen molar-refractivity contribution in [3.05, 3.63) is 70.4 Å². The van der Waals surface area contributed by atoms with Crippen molar-refractivity contribution in [1.29, 1.82) is 0 Å². The van der Waals surface area contributed by atoms with Gasteiger partial charge in [-0.05, 0) is 42.7 Å². The standard InChI is InChI=1S/C20H18F2N4O2/c1-11-10-28-25-18(11)8-26-5-4-14-15(13-3-2-12(21)6-16(13)22)7-17(20(23)27)24-19(14)9-26/h2-3,6-7,10H,4-5,8-9H2,1H3,(H2,23,27). The average molecular weight is 384 g/mol. The van der Waals surface area contributed by atoms with Crippen LogP contribution in [0.2, 0.25) is 0 Å². The molecule has 1 aliphatic rings. The first-order valence-electron chi connectivity index (χ1n) is 8.82. The second-order valence-corrected chi connectivity index (χ2v) is 6.87. The molecular weight excluding hydrogens is 366 g/mol. The van der Waals surface area contributed by atoms with Crippen LogP contribution >= 0.6 is 0 Å². The molecule has 1 amide bonds. The van der Waals surface area contributed by atoms with E-state index < -0.39 is 17.5 Å². The zero-order valence-electron chi connectivity index (χ0n) is 15.2. The topological polar surface area (TPSA) is 85.3 Å². The van der Waals surface area contributed by atoms with Gasteiger partial charge in [-0.1, -0.05) is 5.16 Å². The molecule has 0 unspecified atom stereocenters. The zero-order chi connectivity index (χ0) is 19.8. The Morgan fingerprint density at radius 3 is 2.79 bits per heavy atom. The van der Waals surface area contributed by atoms with Crippen molar-refractivity contribution >= 4 is 5.91 Å². The van der Waals surface area contributed by atoms with E-state index in [4.69, 9.17) is 10.3 Å². The second-order valence-electron chi connectivity index (χ2n) is 6.87. The van der Waals surface area contributed by atoms with Gasteiger partial charge in [0.25, 0.3) is 5.91 Å². The Hall–Kier alpha value is -3.13. The molecule has 8 heteroatoms. The van der Waals surface area contributed by atoms with E-state index in [-0.39, 0.29) is 11.3 Å². The Balaban J connectivity index is 1.74. The molecule has 3 aromatic rings. The molecule has 0 radical (unpaired) electrons. The lowest BCUT2D eigenvalue weighted by molar-refractivity contribution is 0.0994. The highest BCUT2D eigenvalue weighted by Gasteiger charge is 2.25. The van der Waals surface area contributed by atoms with Crippen LogP contribution in [0.4, 0.5) is 8.78 Å². The summed E-state index contributed by atoms with van der Waals surface area (Å²) in [6.07, 6.45) is 2.19. The third kappa shape index (κ3) is 3.38. The maximum atomic E-state index is 14.4. The van der Waals surface area contributed by atoms with Crippen LogP contribution < -0.4 is 5.73 Å². The fourth-order valence-electron chi connectivity index (χ4n) is 3.48. The summed E-state index contributed by atoms with van der Waals surface area (Å²) in [5, 5.41) is 4.00. The van der Waals surface area contributed by atoms with Gasteiger partial charge >= 0.3 is 0 Å². The van der Waals surface area contributed by atoms with Gasteiger partial charge in [0, 0.05) is 36.8 Å². The van der Waals surface area contributed by atoms with Gasteiger partial charge in [0.1, 0.15) is 29.3 Å². The van der Waals surface area contributed by atoms with E-state index in [1.54, 1.807) is 6.26 Å². The molecular formula is C20H18F2N4O2. The van der Waals surface area contributed by atoms with Crippen molar-refractivity contribution in [3.63, 3.8) is 0 Å². The number of carbonyl (C=O) groups excluding carboxylic acids is 1. The van der Waals surface area contributed by atoms with Crippen LogP contribution in [0.15, 0.2) is 35.1 Å². The molecule has 0 saturated carbocycles. The van der Waals surface area contributed by atoms with E-state index in [0.717, 1.165) is 22.9 Å². The van der Waals surface area contributed by atoms with Gasteiger partial charge in [-0.25, -0.2) is 13.8 Å². The van der Waals surface area contributed by atoms with Gasteiger partial charge in [0.15, 0.2) is 0 Å². The molecule has 0 saturated heterocycles. The quantitative estimate of drug-likeness (QED) is 0.748. The van der Waals surface area contributed by atoms with E-state index in [1.165, 1.54) is 18.2 Å². The predicted molar refractivity (Wildman–Crippen MR) is 97.2 cm³/mol. The van der Waals surface area contributed by atoms with E-state index >= 15 is 0 Å². The lowest BCUT2D eigenvalue weighted by Gasteiger charge is -2.29. The number of nitrogens with zero attached hydrogens (tertiary/aromatic N) is 3. The number of carbonyl (C=O) groups is 1. The summed E-state index contributed by atoms with van der Waals surface area (Å²) < 4.78 is 32.7. The second kappa shape index (κ2) is 7.12. The van der Waals surface area contributed by atoms with E-state index in [0.29, 0.717) is 37.3 Å². The van der Waals surface area contributed by atoms with Crippen LogP contribution in [-0.2, 0) is 19.5 Å². The normalized spacial score (nSPS) is 14.1. The summed E-state index contributed by atoms with van der Waals surface area (Å²) in [6.45, 7) is 3.65. The summed E-state index contributed by atoms with van der Waals surface area (Å²) in [7, 11) is 0. The van der Waals surface area contributed by atoms with Gasteiger partial charge in [0.2, 0.25) is 0 Å². The first-order valence-corrected chi connectivity index (χ1v) is 8.82. The Labute approximate surface area is 160 Å². The Morgan fingerprint density at radius 1 is 1.29 bits per heavy atom. The summed E-state index contributed by atoms with van der Waals surface area (Å²) >= 11 is 0.